The van der Waals surface area contributed by atoms with Gasteiger partial charge in [-0.3, -0.25) is 0 Å². The molecule has 3 heteroatoms. The minimum Gasteiger partial charge on any atom is -0.455 e. The average molecular weight is 674 g/mol. The third-order valence-electron chi connectivity index (χ3n) is 10.5. The van der Waals surface area contributed by atoms with Crippen molar-refractivity contribution in [3.05, 3.63) is 176 Å². The fraction of sp³-hybridized carbons (Fsp3) is 0.0417. The van der Waals surface area contributed by atoms with Gasteiger partial charge in [0.2, 0.25) is 0 Å². The summed E-state index contributed by atoms with van der Waals surface area (Å²) in [5, 5.41) is 4.85. The molecule has 0 fully saturated rings. The maximum atomic E-state index is 6.61. The van der Waals surface area contributed by atoms with Gasteiger partial charge in [-0.2, -0.15) is 10.0 Å². The fourth-order valence-electron chi connectivity index (χ4n) is 8.04. The van der Waals surface area contributed by atoms with E-state index in [1.54, 1.807) is 0 Å². The van der Waals surface area contributed by atoms with Crippen LogP contribution >= 0.6 is 10.0 Å². The summed E-state index contributed by atoms with van der Waals surface area (Å²) in [5.41, 5.74) is 12.7. The molecule has 0 saturated heterocycles. The number of hydrogen-bond donors (Lipinski definition) is 0. The summed E-state index contributed by atoms with van der Waals surface area (Å²) >= 11 is 0. The van der Waals surface area contributed by atoms with Crippen LogP contribution in [0.25, 0.3) is 66.1 Å². The van der Waals surface area contributed by atoms with E-state index in [0.717, 1.165) is 28.2 Å². The van der Waals surface area contributed by atoms with Crippen molar-refractivity contribution in [1.82, 2.24) is 0 Å². The molecule has 0 bridgehead atoms. The molecule has 1 aliphatic rings. The van der Waals surface area contributed by atoms with Gasteiger partial charge in [0.05, 0.1) is 0 Å². The van der Waals surface area contributed by atoms with Crippen molar-refractivity contribution in [2.75, 3.05) is 17.4 Å². The second kappa shape index (κ2) is 11.5. The van der Waals surface area contributed by atoms with E-state index in [1.807, 2.05) is 0 Å². The standard InChI is InChI=1S/C48H35NOS/c1-51(2)45-28-27-42-41-22-8-9-24-44(41)50-48(42)47(45)43-26-25-38(31-46(43)51)49(36-19-10-17-34(29-36)32-13-4-3-5-14-32)37-20-11-18-35(30-37)40-23-12-16-33-15-6-7-21-39(33)40/h3-31H,1-2H3. The highest BCUT2D eigenvalue weighted by molar-refractivity contribution is 8.33. The SMILES string of the molecule is CS1(C)c2cc(N(c3cccc(-c4ccccc4)c3)c3cccc(-c4cccc5ccccc45)c3)ccc2-c2c1ccc1c2oc2ccccc21. The van der Waals surface area contributed by atoms with Crippen LogP contribution in [0.2, 0.25) is 0 Å². The lowest BCUT2D eigenvalue weighted by Gasteiger charge is -2.31. The molecular formula is C48H35NOS. The number of nitrogens with zero attached hydrogens (tertiary/aromatic N) is 1. The van der Waals surface area contributed by atoms with E-state index in [9.17, 15) is 0 Å². The molecule has 0 unspecified atom stereocenters. The molecule has 10 rings (SSSR count). The van der Waals surface area contributed by atoms with Crippen LogP contribution < -0.4 is 4.90 Å². The zero-order valence-corrected chi connectivity index (χ0v) is 29.3. The van der Waals surface area contributed by atoms with Crippen LogP contribution in [0.15, 0.2) is 190 Å². The van der Waals surface area contributed by atoms with Gasteiger partial charge in [0.15, 0.2) is 0 Å². The summed E-state index contributed by atoms with van der Waals surface area (Å²) in [6, 6.07) is 63.9. The molecule has 0 atom stereocenters. The summed E-state index contributed by atoms with van der Waals surface area (Å²) < 4.78 is 6.61. The third kappa shape index (κ3) is 4.73. The molecule has 8 aromatic carbocycles. The number of fused-ring (bicyclic) bond motifs is 8. The van der Waals surface area contributed by atoms with Crippen LogP contribution in [0.4, 0.5) is 17.1 Å². The van der Waals surface area contributed by atoms with E-state index in [1.165, 1.54) is 64.7 Å². The summed E-state index contributed by atoms with van der Waals surface area (Å²) in [7, 11) is -1.33. The number of anilines is 3. The predicted molar refractivity (Wildman–Crippen MR) is 218 cm³/mol. The molecule has 0 saturated carbocycles. The highest BCUT2D eigenvalue weighted by Gasteiger charge is 2.35. The Kier molecular flexibility index (Phi) is 6.74. The van der Waals surface area contributed by atoms with Gasteiger partial charge in [-0.25, -0.2) is 0 Å². The van der Waals surface area contributed by atoms with E-state index in [-0.39, 0.29) is 0 Å². The molecule has 0 N–H and O–H groups in total. The van der Waals surface area contributed by atoms with Crippen LogP contribution in [-0.2, 0) is 0 Å². The van der Waals surface area contributed by atoms with Gasteiger partial charge in [0.1, 0.15) is 11.2 Å². The van der Waals surface area contributed by atoms with E-state index < -0.39 is 10.0 Å². The molecule has 0 radical (unpaired) electrons. The normalized spacial score (nSPS) is 13.7. The van der Waals surface area contributed by atoms with Crippen molar-refractivity contribution in [1.29, 1.82) is 0 Å². The zero-order chi connectivity index (χ0) is 34.1. The average Bonchev–Trinajstić information content (AvgIpc) is 3.67. The van der Waals surface area contributed by atoms with Crippen molar-refractivity contribution in [2.24, 2.45) is 0 Å². The maximum Gasteiger partial charge on any atom is 0.144 e. The van der Waals surface area contributed by atoms with Gasteiger partial charge in [-0.1, -0.05) is 121 Å². The number of benzene rings is 8. The first-order valence-corrected chi connectivity index (χ1v) is 19.9. The van der Waals surface area contributed by atoms with Gasteiger partial charge in [0, 0.05) is 43.2 Å². The van der Waals surface area contributed by atoms with E-state index in [4.69, 9.17) is 4.42 Å². The Morgan fingerprint density at radius 2 is 1.08 bits per heavy atom. The van der Waals surface area contributed by atoms with Crippen molar-refractivity contribution in [3.8, 4) is 33.4 Å². The monoisotopic (exact) mass is 673 g/mol. The predicted octanol–water partition coefficient (Wildman–Crippen LogP) is 14.0. The van der Waals surface area contributed by atoms with Gasteiger partial charge in [-0.05, 0) is 106 Å². The van der Waals surface area contributed by atoms with Gasteiger partial charge >= 0.3 is 0 Å². The van der Waals surface area contributed by atoms with Crippen LogP contribution in [0.1, 0.15) is 0 Å². The second-order valence-corrected chi connectivity index (χ2v) is 17.3. The molecular weight excluding hydrogens is 639 g/mol. The minimum atomic E-state index is -1.33. The summed E-state index contributed by atoms with van der Waals surface area (Å²) in [5.74, 6) is 0. The molecule has 9 aromatic rings. The lowest BCUT2D eigenvalue weighted by Crippen LogP contribution is -2.10. The third-order valence-corrected chi connectivity index (χ3v) is 13.4. The minimum absolute atomic E-state index is 0.939. The van der Waals surface area contributed by atoms with Crippen LogP contribution in [0, 0.1) is 0 Å². The first-order valence-electron chi connectivity index (χ1n) is 17.4. The van der Waals surface area contributed by atoms with Crippen molar-refractivity contribution >= 4 is 59.8 Å². The molecule has 2 nitrogen and oxygen atoms in total. The lowest BCUT2D eigenvalue weighted by molar-refractivity contribution is 0.669. The molecule has 244 valence electrons. The molecule has 51 heavy (non-hydrogen) atoms. The Balaban J connectivity index is 1.17. The van der Waals surface area contributed by atoms with E-state index in [2.05, 4.69) is 193 Å². The summed E-state index contributed by atoms with van der Waals surface area (Å²) in [4.78, 5) is 5.20. The van der Waals surface area contributed by atoms with Crippen molar-refractivity contribution < 1.29 is 4.42 Å². The molecule has 1 aromatic heterocycles. The Bertz CT molecular complexity index is 2790. The highest BCUT2D eigenvalue weighted by atomic mass is 32.3. The van der Waals surface area contributed by atoms with E-state index >= 15 is 0 Å². The number of para-hydroxylation sites is 1. The van der Waals surface area contributed by atoms with E-state index in [0.29, 0.717) is 0 Å². The smallest absolute Gasteiger partial charge is 0.144 e. The second-order valence-electron chi connectivity index (χ2n) is 13.7. The maximum absolute atomic E-state index is 6.61. The van der Waals surface area contributed by atoms with Crippen LogP contribution in [0.3, 0.4) is 0 Å². The Hall–Kier alpha value is -6.03. The first kappa shape index (κ1) is 29.8. The molecule has 2 heterocycles. The zero-order valence-electron chi connectivity index (χ0n) is 28.5. The van der Waals surface area contributed by atoms with Crippen molar-refractivity contribution in [3.63, 3.8) is 0 Å². The first-order chi connectivity index (χ1) is 25.0. The Morgan fingerprint density at radius 1 is 0.431 bits per heavy atom. The largest absolute Gasteiger partial charge is 0.455 e. The Labute approximate surface area is 299 Å². The molecule has 1 aliphatic heterocycles. The van der Waals surface area contributed by atoms with Crippen LogP contribution in [0.5, 0.6) is 0 Å². The Morgan fingerprint density at radius 3 is 1.92 bits per heavy atom. The number of furan rings is 1. The summed E-state index contributed by atoms with van der Waals surface area (Å²) in [6.45, 7) is 0. The lowest BCUT2D eigenvalue weighted by atomic mass is 9.97. The fourth-order valence-corrected chi connectivity index (χ4v) is 10.5. The molecule has 0 spiro atoms. The van der Waals surface area contributed by atoms with Crippen LogP contribution in [-0.4, -0.2) is 12.5 Å². The topological polar surface area (TPSA) is 16.4 Å². The van der Waals surface area contributed by atoms with Crippen molar-refractivity contribution in [2.45, 2.75) is 9.79 Å². The quantitative estimate of drug-likeness (QED) is 0.181. The van der Waals surface area contributed by atoms with Gasteiger partial charge in [0.25, 0.3) is 0 Å². The highest BCUT2D eigenvalue weighted by Crippen LogP contribution is 2.69. The molecule has 0 amide bonds. The number of rotatable bonds is 5. The van der Waals surface area contributed by atoms with Gasteiger partial charge < -0.3 is 9.32 Å². The summed E-state index contributed by atoms with van der Waals surface area (Å²) in [6.07, 6.45) is 4.86. The van der Waals surface area contributed by atoms with Gasteiger partial charge in [-0.15, -0.1) is 0 Å². The molecule has 0 aliphatic carbocycles. The number of hydrogen-bond acceptors (Lipinski definition) is 2.